The van der Waals surface area contributed by atoms with Crippen LogP contribution in [-0.2, 0) is 29.7 Å². The first-order chi connectivity index (χ1) is 7.72. The molecule has 0 aliphatic carbocycles. The second-order valence-electron chi connectivity index (χ2n) is 4.37. The van der Waals surface area contributed by atoms with Gasteiger partial charge in [-0.1, -0.05) is 56.7 Å². The van der Waals surface area contributed by atoms with Crippen LogP contribution in [0.2, 0.25) is 0 Å². The molecule has 0 rings (SSSR count). The minimum absolute atomic E-state index is 0. The Labute approximate surface area is 129 Å². The van der Waals surface area contributed by atoms with Gasteiger partial charge in [-0.15, -0.1) is 0 Å². The van der Waals surface area contributed by atoms with E-state index in [1.54, 1.807) is 0 Å². The van der Waals surface area contributed by atoms with E-state index in [4.69, 9.17) is 24.8 Å². The minimum Gasteiger partial charge on any atom is -0.411 e. The van der Waals surface area contributed by atoms with E-state index < -0.39 is 0 Å². The summed E-state index contributed by atoms with van der Waals surface area (Å²) in [6, 6.07) is 0. The van der Waals surface area contributed by atoms with Gasteiger partial charge in [0.1, 0.15) is 0 Å². The summed E-state index contributed by atoms with van der Waals surface area (Å²) < 4.78 is 0.660. The van der Waals surface area contributed by atoms with Crippen molar-refractivity contribution in [2.24, 2.45) is 0 Å². The fraction of sp³-hybridized carbons (Fsp3) is 0.923. The number of hydrogen-bond donors (Lipinski definition) is 0. The van der Waals surface area contributed by atoms with Crippen molar-refractivity contribution in [1.82, 2.24) is 4.90 Å². The van der Waals surface area contributed by atoms with Crippen molar-refractivity contribution in [1.29, 1.82) is 0 Å². The first kappa shape index (κ1) is 20.0. The molecule has 0 N–H and O–H groups in total. The summed E-state index contributed by atoms with van der Waals surface area (Å²) in [6.07, 6.45) is 10.3. The molecule has 106 valence electrons. The van der Waals surface area contributed by atoms with Gasteiger partial charge in [0.05, 0.1) is 0 Å². The van der Waals surface area contributed by atoms with Crippen molar-refractivity contribution in [3.05, 3.63) is 0 Å². The minimum atomic E-state index is 0. The smallest absolute Gasteiger partial charge is 0.411 e. The van der Waals surface area contributed by atoms with Crippen molar-refractivity contribution < 1.29 is 17.1 Å². The van der Waals surface area contributed by atoms with Crippen molar-refractivity contribution >= 4 is 29.2 Å². The number of hydrogen-bond acceptors (Lipinski definition) is 2. The molecule has 1 nitrogen and oxygen atoms in total. The van der Waals surface area contributed by atoms with Gasteiger partial charge in [-0.2, -0.15) is 0 Å². The van der Waals surface area contributed by atoms with E-state index in [9.17, 15) is 0 Å². The Morgan fingerprint density at radius 3 is 1.59 bits per heavy atom. The van der Waals surface area contributed by atoms with Crippen LogP contribution in [0.5, 0.6) is 0 Å². The summed E-state index contributed by atoms with van der Waals surface area (Å²) in [6.45, 7) is 6.60. The number of thiocarbonyl (C=S) groups is 1. The van der Waals surface area contributed by atoms with Gasteiger partial charge in [-0.3, -0.25) is 0 Å². The van der Waals surface area contributed by atoms with E-state index in [1.165, 1.54) is 51.4 Å². The van der Waals surface area contributed by atoms with E-state index in [1.807, 2.05) is 0 Å². The summed E-state index contributed by atoms with van der Waals surface area (Å²) in [5.41, 5.74) is 0. The van der Waals surface area contributed by atoms with Crippen LogP contribution in [-0.4, -0.2) is 22.3 Å². The third kappa shape index (κ3) is 12.9. The molecule has 0 aromatic carbocycles. The maximum atomic E-state index is 5.11. The fourth-order valence-electron chi connectivity index (χ4n) is 1.75. The Morgan fingerprint density at radius 2 is 1.29 bits per heavy atom. The van der Waals surface area contributed by atoms with Crippen LogP contribution in [0.25, 0.3) is 0 Å². The van der Waals surface area contributed by atoms with Crippen LogP contribution in [0, 0.1) is 0 Å². The molecule has 0 atom stereocenters. The van der Waals surface area contributed by atoms with Gasteiger partial charge in [0, 0.05) is 13.1 Å². The van der Waals surface area contributed by atoms with Crippen LogP contribution in [0.1, 0.15) is 65.2 Å². The van der Waals surface area contributed by atoms with Crippen molar-refractivity contribution in [2.45, 2.75) is 65.2 Å². The average molecular weight is 324 g/mol. The van der Waals surface area contributed by atoms with Crippen LogP contribution in [0.4, 0.5) is 0 Å². The van der Waals surface area contributed by atoms with E-state index in [2.05, 4.69) is 18.7 Å². The molecule has 0 fully saturated rings. The number of nitrogens with zero attached hydrogens (tertiary/aromatic N) is 1. The van der Waals surface area contributed by atoms with Gasteiger partial charge in [0.25, 0.3) is 0 Å². The Hall–Kier alpha value is 0.629. The Morgan fingerprint density at radius 1 is 0.882 bits per heavy atom. The molecule has 0 radical (unpaired) electrons. The molecule has 0 saturated carbocycles. The van der Waals surface area contributed by atoms with E-state index in [0.29, 0.717) is 4.32 Å². The molecule has 0 aromatic heterocycles. The zero-order valence-corrected chi connectivity index (χ0v) is 13.7. The SMILES string of the molecule is CCCCCCN(CCCCCC)C(=S)[S-].[Cu+]. The second-order valence-corrected chi connectivity index (χ2v) is 5.41. The zero-order valence-electron chi connectivity index (χ0n) is 11.1. The average Bonchev–Trinajstić information content (AvgIpc) is 2.26. The molecule has 0 aromatic rings. The summed E-state index contributed by atoms with van der Waals surface area (Å²) >= 11 is 10.2. The topological polar surface area (TPSA) is 3.24 Å². The summed E-state index contributed by atoms with van der Waals surface area (Å²) in [5.74, 6) is 0. The quantitative estimate of drug-likeness (QED) is 0.256. The third-order valence-corrected chi connectivity index (χ3v) is 3.34. The van der Waals surface area contributed by atoms with Gasteiger partial charge >= 0.3 is 17.1 Å². The first-order valence-electron chi connectivity index (χ1n) is 6.68. The molecule has 0 bridgehead atoms. The van der Waals surface area contributed by atoms with Crippen LogP contribution < -0.4 is 0 Å². The summed E-state index contributed by atoms with van der Waals surface area (Å²) in [4.78, 5) is 2.20. The molecular formula is C13H26CuNS2. The van der Waals surface area contributed by atoms with Gasteiger partial charge in [0.2, 0.25) is 0 Å². The predicted octanol–water partition coefficient (Wildman–Crippen LogP) is 4.28. The molecule has 0 aliphatic heterocycles. The van der Waals surface area contributed by atoms with Crippen molar-refractivity contribution in [3.63, 3.8) is 0 Å². The summed E-state index contributed by atoms with van der Waals surface area (Å²) in [5, 5.41) is 0. The predicted molar refractivity (Wildman–Crippen MR) is 79.8 cm³/mol. The molecular weight excluding hydrogens is 298 g/mol. The maximum absolute atomic E-state index is 5.11. The zero-order chi connectivity index (χ0) is 12.2. The van der Waals surface area contributed by atoms with Gasteiger partial charge in [-0.25, -0.2) is 0 Å². The normalized spacial score (nSPS) is 9.76. The van der Waals surface area contributed by atoms with Crippen LogP contribution in [0.3, 0.4) is 0 Å². The second kappa shape index (κ2) is 14.7. The Balaban J connectivity index is 0. The standard InChI is InChI=1S/C13H27NS2.Cu/c1-3-5-7-9-11-14(13(15)16)12-10-8-6-4-2;/h3-12H2,1-2H3,(H,15,16);/q;+1/p-1. The van der Waals surface area contributed by atoms with Gasteiger partial charge < -0.3 is 29.7 Å². The Kier molecular flexibility index (Phi) is 17.2. The maximum Gasteiger partial charge on any atom is 1.00 e. The van der Waals surface area contributed by atoms with E-state index in [0.717, 1.165) is 13.1 Å². The van der Waals surface area contributed by atoms with Gasteiger partial charge in [-0.05, 0) is 12.8 Å². The largest absolute Gasteiger partial charge is 1.00 e. The fourth-order valence-corrected chi connectivity index (χ4v) is 2.12. The van der Waals surface area contributed by atoms with Crippen LogP contribution >= 0.6 is 12.2 Å². The monoisotopic (exact) mass is 323 g/mol. The van der Waals surface area contributed by atoms with Gasteiger partial charge in [0.15, 0.2) is 0 Å². The molecule has 0 saturated heterocycles. The molecule has 0 aliphatic rings. The van der Waals surface area contributed by atoms with Crippen LogP contribution in [0.15, 0.2) is 0 Å². The molecule has 17 heavy (non-hydrogen) atoms. The number of unbranched alkanes of at least 4 members (excludes halogenated alkanes) is 6. The molecule has 0 amide bonds. The van der Waals surface area contributed by atoms with Crippen molar-refractivity contribution in [3.8, 4) is 0 Å². The Bertz CT molecular complexity index is 165. The van der Waals surface area contributed by atoms with E-state index >= 15 is 0 Å². The van der Waals surface area contributed by atoms with E-state index in [-0.39, 0.29) is 17.1 Å². The molecule has 0 heterocycles. The third-order valence-electron chi connectivity index (χ3n) is 2.82. The molecule has 4 heteroatoms. The number of rotatable bonds is 10. The van der Waals surface area contributed by atoms with Crippen molar-refractivity contribution in [2.75, 3.05) is 13.1 Å². The molecule has 0 unspecified atom stereocenters. The summed E-state index contributed by atoms with van der Waals surface area (Å²) in [7, 11) is 0. The first-order valence-corrected chi connectivity index (χ1v) is 7.50. The molecule has 0 spiro atoms.